The lowest BCUT2D eigenvalue weighted by Gasteiger charge is -2.15. The summed E-state index contributed by atoms with van der Waals surface area (Å²) in [5.41, 5.74) is 4.40. The number of para-hydroxylation sites is 1. The van der Waals surface area contributed by atoms with Gasteiger partial charge in [0.1, 0.15) is 17.2 Å². The third kappa shape index (κ3) is 6.77. The zero-order valence-corrected chi connectivity index (χ0v) is 23.6. The largest absolute Gasteiger partial charge is 0.484 e. The maximum atomic E-state index is 13.2. The van der Waals surface area contributed by atoms with Crippen LogP contribution >= 0.6 is 24.0 Å². The number of amides is 2. The molecule has 0 bridgehead atoms. The number of nitrogens with zero attached hydrogens (tertiary/aromatic N) is 1. The van der Waals surface area contributed by atoms with E-state index in [0.717, 1.165) is 28.1 Å². The molecule has 0 aromatic heterocycles. The Morgan fingerprint density at radius 1 is 0.875 bits per heavy atom. The summed E-state index contributed by atoms with van der Waals surface area (Å²) >= 11 is 6.76. The van der Waals surface area contributed by atoms with Gasteiger partial charge in [0.2, 0.25) is 0 Å². The highest BCUT2D eigenvalue weighted by atomic mass is 32.2. The van der Waals surface area contributed by atoms with Gasteiger partial charge in [-0.15, -0.1) is 0 Å². The van der Waals surface area contributed by atoms with Crippen molar-refractivity contribution in [2.24, 2.45) is 0 Å². The van der Waals surface area contributed by atoms with Gasteiger partial charge in [-0.05, 0) is 97.3 Å². The molecule has 1 aliphatic rings. The minimum absolute atomic E-state index is 0.111. The summed E-state index contributed by atoms with van der Waals surface area (Å²) in [6, 6.07) is 29.8. The average Bonchev–Trinajstić information content (AvgIpc) is 3.21. The quantitative estimate of drug-likeness (QED) is 0.176. The molecule has 2 amide bonds. The van der Waals surface area contributed by atoms with Crippen molar-refractivity contribution in [3.63, 3.8) is 0 Å². The number of hydrogen-bond donors (Lipinski definition) is 1. The number of hydrogen-bond acceptors (Lipinski definition) is 6. The predicted molar refractivity (Wildman–Crippen MR) is 165 cm³/mol. The molecule has 1 aliphatic heterocycles. The summed E-state index contributed by atoms with van der Waals surface area (Å²) in [6.07, 6.45) is 1.79. The van der Waals surface area contributed by atoms with Crippen molar-refractivity contribution in [3.05, 3.63) is 119 Å². The first kappa shape index (κ1) is 27.2. The van der Waals surface area contributed by atoms with Crippen molar-refractivity contribution >= 4 is 57.6 Å². The molecule has 0 saturated carbocycles. The summed E-state index contributed by atoms with van der Waals surface area (Å²) in [4.78, 5) is 27.5. The fourth-order valence-electron chi connectivity index (χ4n) is 4.18. The van der Waals surface area contributed by atoms with E-state index in [2.05, 4.69) is 5.32 Å². The Bertz CT molecular complexity index is 1560. The number of benzene rings is 4. The summed E-state index contributed by atoms with van der Waals surface area (Å²) < 4.78 is 11.9. The van der Waals surface area contributed by atoms with E-state index in [1.807, 2.05) is 98.8 Å². The van der Waals surface area contributed by atoms with Crippen LogP contribution in [-0.2, 0) is 9.59 Å². The molecule has 200 valence electrons. The SMILES string of the molecule is Cc1cc(C)cc(NC(=O)COc2ccc(/C=C3\SC(=S)N(c4ccc(Oc5ccccc5)cc4)C3=O)cc2)c1. The molecule has 1 saturated heterocycles. The predicted octanol–water partition coefficient (Wildman–Crippen LogP) is 7.52. The van der Waals surface area contributed by atoms with Crippen LogP contribution in [0.15, 0.2) is 102 Å². The van der Waals surface area contributed by atoms with Crippen LogP contribution in [0, 0.1) is 13.8 Å². The van der Waals surface area contributed by atoms with Crippen LogP contribution in [-0.4, -0.2) is 22.7 Å². The van der Waals surface area contributed by atoms with Crippen molar-refractivity contribution in [2.45, 2.75) is 13.8 Å². The van der Waals surface area contributed by atoms with Gasteiger partial charge in [0.05, 0.1) is 10.6 Å². The van der Waals surface area contributed by atoms with E-state index >= 15 is 0 Å². The number of carbonyl (C=O) groups excluding carboxylic acids is 2. The van der Waals surface area contributed by atoms with Crippen LogP contribution in [0.25, 0.3) is 6.08 Å². The fourth-order valence-corrected chi connectivity index (χ4v) is 5.48. The number of ether oxygens (including phenoxy) is 2. The van der Waals surface area contributed by atoms with Gasteiger partial charge < -0.3 is 14.8 Å². The van der Waals surface area contributed by atoms with Gasteiger partial charge in [-0.3, -0.25) is 14.5 Å². The first-order chi connectivity index (χ1) is 19.3. The maximum absolute atomic E-state index is 13.2. The molecule has 1 fully saturated rings. The highest BCUT2D eigenvalue weighted by Crippen LogP contribution is 2.37. The number of thioether (sulfide) groups is 1. The second kappa shape index (κ2) is 12.2. The lowest BCUT2D eigenvalue weighted by atomic mass is 10.1. The van der Waals surface area contributed by atoms with E-state index in [-0.39, 0.29) is 18.4 Å². The maximum Gasteiger partial charge on any atom is 0.270 e. The summed E-state index contributed by atoms with van der Waals surface area (Å²) in [7, 11) is 0. The third-order valence-electron chi connectivity index (χ3n) is 5.92. The second-order valence-electron chi connectivity index (χ2n) is 9.21. The van der Waals surface area contributed by atoms with E-state index in [1.165, 1.54) is 16.7 Å². The van der Waals surface area contributed by atoms with Gasteiger partial charge >= 0.3 is 0 Å². The molecule has 4 aromatic carbocycles. The molecule has 1 N–H and O–H groups in total. The van der Waals surface area contributed by atoms with Crippen LogP contribution in [0.4, 0.5) is 11.4 Å². The van der Waals surface area contributed by atoms with Crippen molar-refractivity contribution in [1.29, 1.82) is 0 Å². The average molecular weight is 567 g/mol. The number of nitrogens with one attached hydrogen (secondary N) is 1. The fraction of sp³-hybridized carbons (Fsp3) is 0.0938. The molecule has 0 atom stereocenters. The molecule has 0 unspecified atom stereocenters. The zero-order chi connectivity index (χ0) is 28.1. The second-order valence-corrected chi connectivity index (χ2v) is 10.9. The first-order valence-electron chi connectivity index (χ1n) is 12.6. The normalized spacial score (nSPS) is 13.9. The first-order valence-corrected chi connectivity index (χ1v) is 13.8. The van der Waals surface area contributed by atoms with Crippen LogP contribution in [0.2, 0.25) is 0 Å². The number of anilines is 2. The van der Waals surface area contributed by atoms with Gasteiger partial charge in [0.25, 0.3) is 11.8 Å². The van der Waals surface area contributed by atoms with Crippen molar-refractivity contribution in [1.82, 2.24) is 0 Å². The number of thiocarbonyl (C=S) groups is 1. The monoisotopic (exact) mass is 566 g/mol. The summed E-state index contributed by atoms with van der Waals surface area (Å²) in [5, 5.41) is 2.86. The Labute approximate surface area is 242 Å². The topological polar surface area (TPSA) is 67.9 Å². The van der Waals surface area contributed by atoms with Crippen LogP contribution in [0.5, 0.6) is 17.2 Å². The molecular formula is C32H26N2O4S2. The molecule has 8 heteroatoms. The number of rotatable bonds is 8. The Kier molecular flexibility index (Phi) is 8.28. The lowest BCUT2D eigenvalue weighted by Crippen LogP contribution is -2.27. The van der Waals surface area contributed by atoms with Crippen LogP contribution in [0.1, 0.15) is 16.7 Å². The highest BCUT2D eigenvalue weighted by molar-refractivity contribution is 8.27. The van der Waals surface area contributed by atoms with E-state index in [0.29, 0.717) is 26.4 Å². The molecule has 5 rings (SSSR count). The summed E-state index contributed by atoms with van der Waals surface area (Å²) in [5.74, 6) is 1.53. The van der Waals surface area contributed by atoms with Gasteiger partial charge in [-0.25, -0.2) is 0 Å². The van der Waals surface area contributed by atoms with Gasteiger partial charge in [-0.1, -0.05) is 60.4 Å². The highest BCUT2D eigenvalue weighted by Gasteiger charge is 2.33. The molecule has 0 spiro atoms. The molecular weight excluding hydrogens is 540 g/mol. The molecule has 6 nitrogen and oxygen atoms in total. The van der Waals surface area contributed by atoms with Crippen molar-refractivity contribution in [3.8, 4) is 17.2 Å². The Hall–Kier alpha value is -4.40. The molecule has 40 heavy (non-hydrogen) atoms. The smallest absolute Gasteiger partial charge is 0.270 e. The van der Waals surface area contributed by atoms with Crippen molar-refractivity contribution < 1.29 is 19.1 Å². The molecule has 4 aromatic rings. The van der Waals surface area contributed by atoms with Crippen LogP contribution < -0.4 is 19.7 Å². The molecule has 1 heterocycles. The van der Waals surface area contributed by atoms with Gasteiger partial charge in [0, 0.05) is 5.69 Å². The Balaban J connectivity index is 1.18. The standard InChI is InChI=1S/C32H26N2O4S2/c1-21-16-22(2)18-24(17-21)33-30(35)20-37-26-12-8-23(9-13-26)19-29-31(36)34(32(39)40-29)25-10-14-28(15-11-25)38-27-6-4-3-5-7-27/h3-19H,20H2,1-2H3,(H,33,35)/b29-19-. The van der Waals surface area contributed by atoms with Crippen molar-refractivity contribution in [2.75, 3.05) is 16.8 Å². The molecule has 0 aliphatic carbocycles. The van der Waals surface area contributed by atoms with E-state index in [9.17, 15) is 9.59 Å². The van der Waals surface area contributed by atoms with Gasteiger partial charge in [-0.2, -0.15) is 0 Å². The Morgan fingerprint density at radius 3 is 2.17 bits per heavy atom. The number of carbonyl (C=O) groups is 2. The van der Waals surface area contributed by atoms with E-state index in [1.54, 1.807) is 18.2 Å². The molecule has 0 radical (unpaired) electrons. The minimum Gasteiger partial charge on any atom is -0.484 e. The van der Waals surface area contributed by atoms with E-state index < -0.39 is 0 Å². The van der Waals surface area contributed by atoms with E-state index in [4.69, 9.17) is 21.7 Å². The number of aryl methyl sites for hydroxylation is 2. The van der Waals surface area contributed by atoms with Crippen LogP contribution in [0.3, 0.4) is 0 Å². The third-order valence-corrected chi connectivity index (χ3v) is 7.22. The lowest BCUT2D eigenvalue weighted by molar-refractivity contribution is -0.118. The van der Waals surface area contributed by atoms with Gasteiger partial charge in [0.15, 0.2) is 10.9 Å². The minimum atomic E-state index is -0.239. The Morgan fingerprint density at radius 2 is 1.50 bits per heavy atom. The zero-order valence-electron chi connectivity index (χ0n) is 21.9. The summed E-state index contributed by atoms with van der Waals surface area (Å²) in [6.45, 7) is 3.86.